The summed E-state index contributed by atoms with van der Waals surface area (Å²) in [7, 11) is 0. The highest BCUT2D eigenvalue weighted by molar-refractivity contribution is 5.71. The van der Waals surface area contributed by atoms with Crippen LogP contribution in [0.3, 0.4) is 0 Å². The summed E-state index contributed by atoms with van der Waals surface area (Å²) < 4.78 is 4.70. The number of nitrogens with one attached hydrogen (secondary N) is 1. The van der Waals surface area contributed by atoms with E-state index in [1.807, 2.05) is 0 Å². The molecule has 1 aliphatic rings. The lowest BCUT2D eigenvalue weighted by atomic mass is 10.6. The first-order valence-electron chi connectivity index (χ1n) is 2.38. The second-order valence-electron chi connectivity index (χ2n) is 1.54. The van der Waals surface area contributed by atoms with Crippen LogP contribution in [0, 0.1) is 0 Å². The van der Waals surface area contributed by atoms with Crippen LogP contribution in [0.2, 0.25) is 0 Å². The summed E-state index contributed by atoms with van der Waals surface area (Å²) in [4.78, 5) is 10.0. The van der Waals surface area contributed by atoms with E-state index < -0.39 is 12.2 Å². The van der Waals surface area contributed by atoms with Crippen LogP contribution < -0.4 is 5.32 Å². The molecule has 46 valence electrons. The third-order valence-electron chi connectivity index (χ3n) is 0.941. The highest BCUT2D eigenvalue weighted by atomic mass is 16.5. The Kier molecular flexibility index (Phi) is 1.45. The molecule has 0 aromatic rings. The zero-order chi connectivity index (χ0) is 5.98. The smallest absolute Gasteiger partial charge is 0.348 e. The van der Waals surface area contributed by atoms with Crippen LogP contribution in [0.1, 0.15) is 0 Å². The van der Waals surface area contributed by atoms with Gasteiger partial charge in [0.15, 0.2) is 0 Å². The van der Waals surface area contributed by atoms with Crippen molar-refractivity contribution in [1.82, 2.24) is 5.32 Å². The van der Waals surface area contributed by atoms with Crippen LogP contribution in [-0.4, -0.2) is 30.5 Å². The van der Waals surface area contributed by atoms with Gasteiger partial charge in [-0.25, -0.2) is 4.79 Å². The van der Waals surface area contributed by atoms with Crippen LogP contribution >= 0.6 is 0 Å². The maximum absolute atomic E-state index is 10.0. The van der Waals surface area contributed by atoms with Gasteiger partial charge < -0.3 is 9.84 Å². The van der Waals surface area contributed by atoms with Gasteiger partial charge in [0.1, 0.15) is 0 Å². The van der Waals surface area contributed by atoms with E-state index >= 15 is 0 Å². The molecule has 0 amide bonds. The van der Waals surface area contributed by atoms with E-state index in [-0.39, 0.29) is 0 Å². The molecule has 0 bridgehead atoms. The van der Waals surface area contributed by atoms with Crippen molar-refractivity contribution in [1.29, 1.82) is 0 Å². The predicted octanol–water partition coefficient (Wildman–Crippen LogP) is -0.983. The maximum Gasteiger partial charge on any atom is 0.348 e. The van der Waals surface area contributed by atoms with Gasteiger partial charge >= 0.3 is 5.97 Å². The number of hydrogen-bond acceptors (Lipinski definition) is 3. The summed E-state index contributed by atoms with van der Waals surface area (Å²) in [6, 6.07) is 0. The number of ether oxygens (including phenoxy) is 1. The molecular weight excluding hydrogens is 110 g/mol. The van der Waals surface area contributed by atoms with Crippen LogP contribution in [0.4, 0.5) is 0 Å². The molecule has 4 heteroatoms. The predicted molar refractivity (Wildman–Crippen MR) is 25.4 cm³/mol. The first kappa shape index (κ1) is 5.53. The monoisotopic (exact) mass is 117 g/mol. The topological polar surface area (TPSA) is 58.6 Å². The first-order chi connectivity index (χ1) is 3.80. The lowest BCUT2D eigenvalue weighted by Crippen LogP contribution is -2.31. The zero-order valence-corrected chi connectivity index (χ0v) is 4.26. The standard InChI is InChI=1S/C4H7NO3/c6-4(7)3-5-1-2-8-3/h3,5H,1-2H2,(H,6,7)/t3-/m0/s1. The Bertz CT molecular complexity index is 97.5. The molecule has 0 aromatic carbocycles. The average molecular weight is 117 g/mol. The molecule has 1 saturated heterocycles. The Morgan fingerprint density at radius 2 is 2.62 bits per heavy atom. The van der Waals surface area contributed by atoms with Crippen LogP contribution in [0.5, 0.6) is 0 Å². The fraction of sp³-hybridized carbons (Fsp3) is 0.750. The van der Waals surface area contributed by atoms with E-state index in [2.05, 4.69) is 5.32 Å². The fourth-order valence-corrected chi connectivity index (χ4v) is 0.584. The molecular formula is C4H7NO3. The second-order valence-corrected chi connectivity index (χ2v) is 1.54. The summed E-state index contributed by atoms with van der Waals surface area (Å²) >= 11 is 0. The van der Waals surface area contributed by atoms with Gasteiger partial charge in [-0.2, -0.15) is 0 Å². The molecule has 0 saturated carbocycles. The number of carbonyl (C=O) groups is 1. The first-order valence-corrected chi connectivity index (χ1v) is 2.38. The van der Waals surface area contributed by atoms with Crippen molar-refractivity contribution in [2.45, 2.75) is 6.23 Å². The van der Waals surface area contributed by atoms with Crippen molar-refractivity contribution >= 4 is 5.97 Å². The summed E-state index contributed by atoms with van der Waals surface area (Å²) in [6.07, 6.45) is -0.769. The number of carboxylic acid groups (broad SMARTS) is 1. The summed E-state index contributed by atoms with van der Waals surface area (Å²) in [5, 5.41) is 10.9. The summed E-state index contributed by atoms with van der Waals surface area (Å²) in [5.74, 6) is -0.942. The second kappa shape index (κ2) is 2.11. The molecule has 0 radical (unpaired) electrons. The molecule has 0 unspecified atom stereocenters. The van der Waals surface area contributed by atoms with Crippen molar-refractivity contribution in [3.8, 4) is 0 Å². The molecule has 0 spiro atoms. The van der Waals surface area contributed by atoms with Crippen molar-refractivity contribution < 1.29 is 14.6 Å². The molecule has 0 aliphatic carbocycles. The molecule has 8 heavy (non-hydrogen) atoms. The van der Waals surface area contributed by atoms with E-state index in [0.717, 1.165) is 0 Å². The largest absolute Gasteiger partial charge is 0.478 e. The van der Waals surface area contributed by atoms with Gasteiger partial charge in [0, 0.05) is 6.54 Å². The third kappa shape index (κ3) is 0.962. The number of rotatable bonds is 1. The number of aliphatic carboxylic acids is 1. The van der Waals surface area contributed by atoms with Crippen LogP contribution in [0.15, 0.2) is 0 Å². The Morgan fingerprint density at radius 3 is 2.88 bits per heavy atom. The van der Waals surface area contributed by atoms with E-state index in [1.54, 1.807) is 0 Å². The Balaban J connectivity index is 2.35. The van der Waals surface area contributed by atoms with Crippen molar-refractivity contribution in [2.75, 3.05) is 13.2 Å². The van der Waals surface area contributed by atoms with Gasteiger partial charge in [0.25, 0.3) is 0 Å². The zero-order valence-electron chi connectivity index (χ0n) is 4.26. The van der Waals surface area contributed by atoms with Gasteiger partial charge in [-0.3, -0.25) is 5.32 Å². The van der Waals surface area contributed by atoms with Gasteiger partial charge in [0.05, 0.1) is 6.61 Å². The quantitative estimate of drug-likeness (QED) is 0.463. The number of hydrogen-bond donors (Lipinski definition) is 2. The molecule has 1 fully saturated rings. The Hall–Kier alpha value is -0.610. The SMILES string of the molecule is O=C(O)[C@H]1NCCO1. The highest BCUT2D eigenvalue weighted by Gasteiger charge is 2.20. The molecule has 2 N–H and O–H groups in total. The van der Waals surface area contributed by atoms with Crippen molar-refractivity contribution in [2.24, 2.45) is 0 Å². The normalized spacial score (nSPS) is 28.2. The molecule has 1 atom stereocenters. The van der Waals surface area contributed by atoms with Gasteiger partial charge in [0.2, 0.25) is 6.23 Å². The Morgan fingerprint density at radius 1 is 1.88 bits per heavy atom. The fourth-order valence-electron chi connectivity index (χ4n) is 0.584. The van der Waals surface area contributed by atoms with Gasteiger partial charge in [-0.05, 0) is 0 Å². The van der Waals surface area contributed by atoms with E-state index in [1.165, 1.54) is 0 Å². The average Bonchev–Trinajstić information content (AvgIpc) is 2.12. The lowest BCUT2D eigenvalue weighted by molar-refractivity contribution is -0.148. The van der Waals surface area contributed by atoms with Crippen LogP contribution in [-0.2, 0) is 9.53 Å². The van der Waals surface area contributed by atoms with E-state index in [9.17, 15) is 4.79 Å². The van der Waals surface area contributed by atoms with E-state index in [0.29, 0.717) is 13.2 Å². The summed E-state index contributed by atoms with van der Waals surface area (Å²) in [5.41, 5.74) is 0. The number of carboxylic acids is 1. The maximum atomic E-state index is 10.0. The van der Waals surface area contributed by atoms with Gasteiger partial charge in [-0.1, -0.05) is 0 Å². The lowest BCUT2D eigenvalue weighted by Gasteiger charge is -1.99. The molecule has 0 aromatic heterocycles. The summed E-state index contributed by atoms with van der Waals surface area (Å²) in [6.45, 7) is 1.13. The third-order valence-corrected chi connectivity index (χ3v) is 0.941. The van der Waals surface area contributed by atoms with Gasteiger partial charge in [-0.15, -0.1) is 0 Å². The van der Waals surface area contributed by atoms with Crippen molar-refractivity contribution in [3.05, 3.63) is 0 Å². The molecule has 1 rings (SSSR count). The van der Waals surface area contributed by atoms with E-state index in [4.69, 9.17) is 9.84 Å². The minimum atomic E-state index is -0.942. The van der Waals surface area contributed by atoms with Crippen molar-refractivity contribution in [3.63, 3.8) is 0 Å². The Labute approximate surface area is 46.4 Å². The van der Waals surface area contributed by atoms with Crippen LogP contribution in [0.25, 0.3) is 0 Å². The molecule has 1 heterocycles. The minimum absolute atomic E-state index is 0.497. The molecule has 4 nitrogen and oxygen atoms in total. The highest BCUT2D eigenvalue weighted by Crippen LogP contribution is 1.92. The minimum Gasteiger partial charge on any atom is -0.478 e. The molecule has 1 aliphatic heterocycles.